The molecule has 1 amide bonds. The van der Waals surface area contributed by atoms with Gasteiger partial charge in [-0.2, -0.15) is 0 Å². The van der Waals surface area contributed by atoms with Gasteiger partial charge in [0.25, 0.3) is 0 Å². The molecule has 0 spiro atoms. The number of fused-ring (bicyclic) bond motifs is 1. The molecule has 2 rings (SSSR count). The van der Waals surface area contributed by atoms with Gasteiger partial charge in [-0.05, 0) is 0 Å². The minimum absolute atomic E-state index is 0.0375. The van der Waals surface area contributed by atoms with Crippen LogP contribution in [-0.2, 0) is 4.79 Å². The van der Waals surface area contributed by atoms with E-state index in [0.29, 0.717) is 12.4 Å². The number of nitrogens with zero attached hydrogens (tertiary/aromatic N) is 4. The molecular formula is C8H10N4O. The van der Waals surface area contributed by atoms with E-state index in [1.807, 2.05) is 7.05 Å². The average Bonchev–Trinajstić information content (AvgIpc) is 2.15. The quantitative estimate of drug-likeness (QED) is 0.556. The van der Waals surface area contributed by atoms with Crippen LogP contribution in [0.25, 0.3) is 0 Å². The molecular weight excluding hydrogens is 168 g/mol. The molecule has 68 valence electrons. The van der Waals surface area contributed by atoms with Crippen LogP contribution in [0.4, 0.5) is 11.6 Å². The first-order chi connectivity index (χ1) is 6.20. The lowest BCUT2D eigenvalue weighted by molar-refractivity contribution is -0.117. The van der Waals surface area contributed by atoms with Crippen LogP contribution in [0, 0.1) is 0 Å². The highest BCUT2D eigenvalue weighted by Gasteiger charge is 2.26. The lowest BCUT2D eigenvalue weighted by atomic mass is 10.3. The second kappa shape index (κ2) is 2.69. The third-order valence-corrected chi connectivity index (χ3v) is 2.09. The van der Waals surface area contributed by atoms with Crippen LogP contribution in [0.5, 0.6) is 0 Å². The normalized spacial score (nSPS) is 16.0. The van der Waals surface area contributed by atoms with Crippen LogP contribution in [0.1, 0.15) is 0 Å². The topological polar surface area (TPSA) is 49.3 Å². The average molecular weight is 178 g/mol. The van der Waals surface area contributed by atoms with Crippen molar-refractivity contribution in [1.29, 1.82) is 0 Å². The van der Waals surface area contributed by atoms with Gasteiger partial charge in [0.15, 0.2) is 11.6 Å². The van der Waals surface area contributed by atoms with E-state index < -0.39 is 0 Å². The highest BCUT2D eigenvalue weighted by atomic mass is 16.2. The molecule has 5 heteroatoms. The molecule has 2 heterocycles. The molecule has 0 aromatic carbocycles. The van der Waals surface area contributed by atoms with Crippen molar-refractivity contribution >= 4 is 17.5 Å². The van der Waals surface area contributed by atoms with Gasteiger partial charge in [0, 0.05) is 26.5 Å². The number of carbonyl (C=O) groups is 1. The number of aromatic nitrogens is 2. The van der Waals surface area contributed by atoms with Gasteiger partial charge in [-0.15, -0.1) is 0 Å². The second-order valence-corrected chi connectivity index (χ2v) is 3.01. The molecule has 0 saturated heterocycles. The molecule has 0 atom stereocenters. The standard InChI is InChI=1S/C8H10N4O/c1-11-5-6(13)12(2)8-7(11)9-3-4-10-8/h3-4H,5H2,1-2H3. The van der Waals surface area contributed by atoms with Crippen LogP contribution in [0.15, 0.2) is 12.4 Å². The Labute approximate surface area is 76.0 Å². The molecule has 0 fully saturated rings. The van der Waals surface area contributed by atoms with Crippen molar-refractivity contribution in [2.24, 2.45) is 0 Å². The van der Waals surface area contributed by atoms with Gasteiger partial charge in [0.1, 0.15) is 0 Å². The first kappa shape index (κ1) is 7.97. The Kier molecular flexibility index (Phi) is 1.65. The second-order valence-electron chi connectivity index (χ2n) is 3.01. The zero-order chi connectivity index (χ0) is 9.42. The summed E-state index contributed by atoms with van der Waals surface area (Å²) >= 11 is 0. The van der Waals surface area contributed by atoms with Crippen LogP contribution in [-0.4, -0.2) is 36.5 Å². The Morgan fingerprint density at radius 3 is 2.54 bits per heavy atom. The number of rotatable bonds is 0. The summed E-state index contributed by atoms with van der Waals surface area (Å²) in [4.78, 5) is 23.0. The van der Waals surface area contributed by atoms with E-state index in [-0.39, 0.29) is 5.91 Å². The highest BCUT2D eigenvalue weighted by Crippen LogP contribution is 2.25. The van der Waals surface area contributed by atoms with Gasteiger partial charge in [0.05, 0.1) is 6.54 Å². The van der Waals surface area contributed by atoms with Crippen molar-refractivity contribution in [1.82, 2.24) is 9.97 Å². The summed E-state index contributed by atoms with van der Waals surface area (Å²) < 4.78 is 0. The molecule has 0 bridgehead atoms. The lowest BCUT2D eigenvalue weighted by Gasteiger charge is -2.30. The van der Waals surface area contributed by atoms with E-state index in [0.717, 1.165) is 5.82 Å². The fourth-order valence-corrected chi connectivity index (χ4v) is 1.33. The summed E-state index contributed by atoms with van der Waals surface area (Å²) in [5.41, 5.74) is 0. The monoisotopic (exact) mass is 178 g/mol. The van der Waals surface area contributed by atoms with E-state index in [9.17, 15) is 4.79 Å². The summed E-state index contributed by atoms with van der Waals surface area (Å²) in [6.07, 6.45) is 3.21. The van der Waals surface area contributed by atoms with Gasteiger partial charge in [0.2, 0.25) is 5.91 Å². The summed E-state index contributed by atoms with van der Waals surface area (Å²) in [7, 11) is 3.54. The molecule has 1 aliphatic rings. The molecule has 0 radical (unpaired) electrons. The van der Waals surface area contributed by atoms with Gasteiger partial charge < -0.3 is 4.90 Å². The Morgan fingerprint density at radius 2 is 1.85 bits per heavy atom. The maximum Gasteiger partial charge on any atom is 0.247 e. The van der Waals surface area contributed by atoms with E-state index in [2.05, 4.69) is 9.97 Å². The van der Waals surface area contributed by atoms with Crippen LogP contribution < -0.4 is 9.80 Å². The maximum absolute atomic E-state index is 11.4. The zero-order valence-electron chi connectivity index (χ0n) is 7.56. The summed E-state index contributed by atoms with van der Waals surface area (Å²) in [6, 6.07) is 0. The smallest absolute Gasteiger partial charge is 0.247 e. The number of hydrogen-bond donors (Lipinski definition) is 0. The maximum atomic E-state index is 11.4. The SMILES string of the molecule is CN1CC(=O)N(C)c2nccnc21. The number of amides is 1. The number of likely N-dealkylation sites (N-methyl/N-ethyl adjacent to an activating group) is 2. The van der Waals surface area contributed by atoms with Crippen LogP contribution >= 0.6 is 0 Å². The Bertz CT molecular complexity index is 352. The van der Waals surface area contributed by atoms with E-state index in [4.69, 9.17) is 0 Å². The minimum Gasteiger partial charge on any atom is -0.347 e. The summed E-state index contributed by atoms with van der Waals surface area (Å²) in [6.45, 7) is 0.363. The van der Waals surface area contributed by atoms with E-state index in [1.165, 1.54) is 4.90 Å². The number of carbonyl (C=O) groups excluding carboxylic acids is 1. The molecule has 0 N–H and O–H groups in total. The highest BCUT2D eigenvalue weighted by molar-refractivity contribution is 6.00. The van der Waals surface area contributed by atoms with Crippen molar-refractivity contribution < 1.29 is 4.79 Å². The van der Waals surface area contributed by atoms with E-state index >= 15 is 0 Å². The molecule has 1 aromatic rings. The van der Waals surface area contributed by atoms with Crippen molar-refractivity contribution in [3.63, 3.8) is 0 Å². The third kappa shape index (κ3) is 1.12. The number of anilines is 2. The zero-order valence-corrected chi connectivity index (χ0v) is 7.56. The Hall–Kier alpha value is -1.65. The van der Waals surface area contributed by atoms with Gasteiger partial charge in [-0.3, -0.25) is 9.69 Å². The Balaban J connectivity index is 2.53. The molecule has 0 unspecified atom stereocenters. The van der Waals surface area contributed by atoms with Crippen molar-refractivity contribution in [2.75, 3.05) is 30.4 Å². The minimum atomic E-state index is 0.0375. The molecule has 1 aromatic heterocycles. The summed E-state index contributed by atoms with van der Waals surface area (Å²) in [5, 5.41) is 0. The van der Waals surface area contributed by atoms with E-state index in [1.54, 1.807) is 24.3 Å². The summed E-state index contributed by atoms with van der Waals surface area (Å²) in [5.74, 6) is 1.42. The first-order valence-corrected chi connectivity index (χ1v) is 3.99. The molecule has 1 aliphatic heterocycles. The fraction of sp³-hybridized carbons (Fsp3) is 0.375. The fourth-order valence-electron chi connectivity index (χ4n) is 1.33. The van der Waals surface area contributed by atoms with Gasteiger partial charge in [-0.1, -0.05) is 0 Å². The Morgan fingerprint density at radius 1 is 1.23 bits per heavy atom. The molecule has 0 saturated carbocycles. The predicted molar refractivity (Wildman–Crippen MR) is 48.7 cm³/mol. The van der Waals surface area contributed by atoms with Crippen molar-refractivity contribution in [2.45, 2.75) is 0 Å². The van der Waals surface area contributed by atoms with Crippen molar-refractivity contribution in [3.8, 4) is 0 Å². The van der Waals surface area contributed by atoms with Crippen LogP contribution in [0.2, 0.25) is 0 Å². The first-order valence-electron chi connectivity index (χ1n) is 3.99. The molecule has 5 nitrogen and oxygen atoms in total. The largest absolute Gasteiger partial charge is 0.347 e. The predicted octanol–water partition coefficient (Wildman–Crippen LogP) is -0.111. The van der Waals surface area contributed by atoms with Crippen molar-refractivity contribution in [3.05, 3.63) is 12.4 Å². The molecule has 0 aliphatic carbocycles. The van der Waals surface area contributed by atoms with Crippen LogP contribution in [0.3, 0.4) is 0 Å². The number of hydrogen-bond acceptors (Lipinski definition) is 4. The third-order valence-electron chi connectivity index (χ3n) is 2.09. The molecule has 13 heavy (non-hydrogen) atoms. The van der Waals surface area contributed by atoms with Gasteiger partial charge >= 0.3 is 0 Å². The van der Waals surface area contributed by atoms with Gasteiger partial charge in [-0.25, -0.2) is 9.97 Å². The lowest BCUT2D eigenvalue weighted by Crippen LogP contribution is -2.43.